The van der Waals surface area contributed by atoms with Gasteiger partial charge in [0.05, 0.1) is 12.2 Å². The van der Waals surface area contributed by atoms with Crippen molar-refractivity contribution in [1.29, 1.82) is 0 Å². The number of aromatic nitrogens is 2. The molecular formula is C23H30F2N3O9P. The number of ether oxygens (including phenoxy) is 2. The smallest absolute Gasteiger partial charge is 0.459 e. The Bertz CT molecular complexity index is 1270. The minimum atomic E-state index is -4.46. The molecule has 2 unspecified atom stereocenters. The summed E-state index contributed by atoms with van der Waals surface area (Å²) in [6, 6.07) is 7.50. The first-order chi connectivity index (χ1) is 17.8. The molecule has 15 heteroatoms. The SMILES string of the molecule is CC(C)OC(=O)[C@H](C)NP(=O)(Oc1ccccc1)O[C@@H](C)[C@H]1O[C@@H](n2ccc(=O)[nH]c2=O)[C@@](F)(CF)C1O. The average Bonchev–Trinajstić information content (AvgIpc) is 3.10. The molecule has 1 aliphatic heterocycles. The molecule has 1 aromatic carbocycles. The predicted octanol–water partition coefficient (Wildman–Crippen LogP) is 1.99. The van der Waals surface area contributed by atoms with E-state index in [1.807, 2.05) is 4.98 Å². The van der Waals surface area contributed by atoms with Gasteiger partial charge < -0.3 is 19.1 Å². The third kappa shape index (κ3) is 6.56. The molecule has 7 atom stereocenters. The number of aliphatic hydroxyl groups excluding tert-OH is 1. The predicted molar refractivity (Wildman–Crippen MR) is 130 cm³/mol. The van der Waals surface area contributed by atoms with Crippen LogP contribution in [0.5, 0.6) is 5.75 Å². The zero-order chi connectivity index (χ0) is 28.3. The fourth-order valence-electron chi connectivity index (χ4n) is 3.78. The van der Waals surface area contributed by atoms with Crippen molar-refractivity contribution in [2.24, 2.45) is 0 Å². The highest BCUT2D eigenvalue weighted by Crippen LogP contribution is 2.49. The molecule has 2 heterocycles. The van der Waals surface area contributed by atoms with Gasteiger partial charge in [0.1, 0.15) is 30.7 Å². The molecule has 1 aromatic heterocycles. The second-order valence-corrected chi connectivity index (χ2v) is 10.7. The Balaban J connectivity index is 1.89. The number of H-pyrrole nitrogens is 1. The van der Waals surface area contributed by atoms with Gasteiger partial charge in [-0.2, -0.15) is 5.09 Å². The van der Waals surface area contributed by atoms with E-state index < -0.39 is 74.0 Å². The van der Waals surface area contributed by atoms with E-state index in [0.29, 0.717) is 4.57 Å². The maximum Gasteiger partial charge on any atom is 0.459 e. The molecule has 0 bridgehead atoms. The van der Waals surface area contributed by atoms with Gasteiger partial charge in [0.25, 0.3) is 5.56 Å². The molecule has 38 heavy (non-hydrogen) atoms. The fourth-order valence-corrected chi connectivity index (χ4v) is 5.47. The Labute approximate surface area is 216 Å². The maximum absolute atomic E-state index is 15.7. The number of aromatic amines is 1. The number of esters is 1. The second kappa shape index (κ2) is 11.9. The molecule has 0 saturated carbocycles. The number of benzene rings is 1. The monoisotopic (exact) mass is 561 g/mol. The molecular weight excluding hydrogens is 531 g/mol. The molecule has 2 aromatic rings. The molecule has 0 spiro atoms. The van der Waals surface area contributed by atoms with E-state index in [9.17, 15) is 28.4 Å². The number of hydrogen-bond acceptors (Lipinski definition) is 9. The second-order valence-electron chi connectivity index (χ2n) is 9.02. The van der Waals surface area contributed by atoms with Gasteiger partial charge >= 0.3 is 19.4 Å². The number of aliphatic hydroxyl groups is 1. The lowest BCUT2D eigenvalue weighted by Gasteiger charge is -2.29. The van der Waals surface area contributed by atoms with E-state index in [0.717, 1.165) is 12.3 Å². The number of nitrogens with zero attached hydrogens (tertiary/aromatic N) is 1. The van der Waals surface area contributed by atoms with Crippen molar-refractivity contribution >= 4 is 13.7 Å². The minimum absolute atomic E-state index is 0.0918. The number of carbonyl (C=O) groups is 1. The first kappa shape index (κ1) is 29.7. The van der Waals surface area contributed by atoms with Gasteiger partial charge in [-0.15, -0.1) is 0 Å². The first-order valence-corrected chi connectivity index (χ1v) is 13.2. The minimum Gasteiger partial charge on any atom is -0.462 e. The van der Waals surface area contributed by atoms with Crippen LogP contribution in [0.2, 0.25) is 0 Å². The molecule has 12 nitrogen and oxygen atoms in total. The highest BCUT2D eigenvalue weighted by atomic mass is 31.2. The van der Waals surface area contributed by atoms with Crippen molar-refractivity contribution in [2.75, 3.05) is 6.67 Å². The number of rotatable bonds is 11. The Kier molecular flexibility index (Phi) is 9.26. The van der Waals surface area contributed by atoms with Gasteiger partial charge in [-0.1, -0.05) is 18.2 Å². The number of nitrogens with one attached hydrogen (secondary N) is 2. The number of halogens is 2. The van der Waals surface area contributed by atoms with Crippen LogP contribution in [-0.4, -0.2) is 63.4 Å². The van der Waals surface area contributed by atoms with Crippen LogP contribution in [0.15, 0.2) is 52.2 Å². The molecule has 210 valence electrons. The zero-order valence-electron chi connectivity index (χ0n) is 21.1. The number of carbonyl (C=O) groups excluding carboxylic acids is 1. The molecule has 1 saturated heterocycles. The molecule has 0 amide bonds. The van der Waals surface area contributed by atoms with Crippen LogP contribution in [0.4, 0.5) is 8.78 Å². The molecule has 1 aliphatic rings. The molecule has 3 rings (SSSR count). The maximum atomic E-state index is 15.7. The fraction of sp³-hybridized carbons (Fsp3) is 0.522. The average molecular weight is 561 g/mol. The normalized spacial score (nSPS) is 26.5. The quantitative estimate of drug-likeness (QED) is 0.274. The van der Waals surface area contributed by atoms with Gasteiger partial charge in [-0.3, -0.25) is 23.7 Å². The summed E-state index contributed by atoms with van der Waals surface area (Å²) >= 11 is 0. The number of alkyl halides is 2. The van der Waals surface area contributed by atoms with Crippen LogP contribution >= 0.6 is 7.75 Å². The Morgan fingerprint density at radius 1 is 1.24 bits per heavy atom. The Morgan fingerprint density at radius 3 is 2.47 bits per heavy atom. The van der Waals surface area contributed by atoms with Crippen LogP contribution < -0.4 is 20.9 Å². The summed E-state index contributed by atoms with van der Waals surface area (Å²) < 4.78 is 65.7. The summed E-state index contributed by atoms with van der Waals surface area (Å²) in [6.45, 7) is 4.10. The lowest BCUT2D eigenvalue weighted by molar-refractivity contribution is -0.149. The van der Waals surface area contributed by atoms with Gasteiger partial charge in [0.2, 0.25) is 5.67 Å². The first-order valence-electron chi connectivity index (χ1n) is 11.7. The highest BCUT2D eigenvalue weighted by Gasteiger charge is 2.61. The van der Waals surface area contributed by atoms with Crippen LogP contribution in [0.1, 0.15) is 33.9 Å². The summed E-state index contributed by atoms with van der Waals surface area (Å²) in [7, 11) is -4.46. The summed E-state index contributed by atoms with van der Waals surface area (Å²) in [4.78, 5) is 37.8. The van der Waals surface area contributed by atoms with E-state index in [-0.39, 0.29) is 5.75 Å². The summed E-state index contributed by atoms with van der Waals surface area (Å²) in [6.07, 6.45) is -6.86. The van der Waals surface area contributed by atoms with Crippen LogP contribution in [0.25, 0.3) is 0 Å². The van der Waals surface area contributed by atoms with Crippen molar-refractivity contribution in [2.45, 2.75) is 70.0 Å². The molecule has 1 fully saturated rings. The van der Waals surface area contributed by atoms with E-state index in [1.54, 1.807) is 32.0 Å². The largest absolute Gasteiger partial charge is 0.462 e. The summed E-state index contributed by atoms with van der Waals surface area (Å²) in [5, 5.41) is 13.1. The lowest BCUT2D eigenvalue weighted by atomic mass is 9.95. The Hall–Kier alpha value is -2.90. The van der Waals surface area contributed by atoms with E-state index >= 15 is 4.39 Å². The van der Waals surface area contributed by atoms with Crippen LogP contribution in [-0.2, 0) is 23.4 Å². The highest BCUT2D eigenvalue weighted by molar-refractivity contribution is 7.52. The van der Waals surface area contributed by atoms with Crippen molar-refractivity contribution in [3.8, 4) is 5.75 Å². The van der Waals surface area contributed by atoms with E-state index in [4.69, 9.17) is 18.5 Å². The molecule has 0 aliphatic carbocycles. The third-order valence-electron chi connectivity index (χ3n) is 5.60. The lowest BCUT2D eigenvalue weighted by Crippen LogP contribution is -2.48. The zero-order valence-corrected chi connectivity index (χ0v) is 22.0. The standard InChI is InChI=1S/C23H30F2N3O9P/c1-13(2)34-20(31)14(3)27-38(33,37-16-8-6-5-7-9-16)36-15(4)18-19(30)23(25,12-24)21(35-18)28-11-10-17(29)26-22(28)32/h5-11,13-15,18-19,21,30H,12H2,1-4H3,(H,27,33)(H,26,29,32)/t14-,15-,18+,19?,21+,23+,38?/m0/s1. The van der Waals surface area contributed by atoms with Gasteiger partial charge in [0, 0.05) is 12.3 Å². The molecule has 3 N–H and O–H groups in total. The van der Waals surface area contributed by atoms with Crippen LogP contribution in [0.3, 0.4) is 0 Å². The third-order valence-corrected chi connectivity index (χ3v) is 7.37. The van der Waals surface area contributed by atoms with Gasteiger partial charge in [-0.05, 0) is 39.8 Å². The van der Waals surface area contributed by atoms with Gasteiger partial charge in [-0.25, -0.2) is 18.1 Å². The molecule has 0 radical (unpaired) electrons. The van der Waals surface area contributed by atoms with E-state index in [2.05, 4.69) is 5.09 Å². The number of hydrogen-bond donors (Lipinski definition) is 3. The van der Waals surface area contributed by atoms with Crippen LogP contribution in [0, 0.1) is 0 Å². The van der Waals surface area contributed by atoms with Crippen molar-refractivity contribution in [3.05, 3.63) is 63.4 Å². The summed E-state index contributed by atoms with van der Waals surface area (Å²) in [5.41, 5.74) is -5.01. The van der Waals surface area contributed by atoms with Crippen molar-refractivity contribution in [1.82, 2.24) is 14.6 Å². The van der Waals surface area contributed by atoms with Crippen molar-refractivity contribution in [3.63, 3.8) is 0 Å². The summed E-state index contributed by atoms with van der Waals surface area (Å²) in [5.74, 6) is -0.669. The Morgan fingerprint density at radius 2 is 1.89 bits per heavy atom. The topological polar surface area (TPSA) is 158 Å². The number of para-hydroxylation sites is 1. The van der Waals surface area contributed by atoms with Crippen molar-refractivity contribution < 1.29 is 41.8 Å². The van der Waals surface area contributed by atoms with E-state index in [1.165, 1.54) is 26.0 Å². The van der Waals surface area contributed by atoms with Gasteiger partial charge in [0.15, 0.2) is 6.23 Å².